The van der Waals surface area contributed by atoms with Crippen LogP contribution in [0.15, 0.2) is 35.3 Å². The molecule has 0 aliphatic carbocycles. The fourth-order valence-electron chi connectivity index (χ4n) is 2.85. The molecule has 0 fully saturated rings. The second-order valence-electron chi connectivity index (χ2n) is 6.03. The van der Waals surface area contributed by atoms with Gasteiger partial charge in [0.1, 0.15) is 18.2 Å². The Kier molecular flexibility index (Phi) is 5.11. The zero-order chi connectivity index (χ0) is 17.8. The monoisotopic (exact) mass is 347 g/mol. The van der Waals surface area contributed by atoms with E-state index in [4.69, 9.17) is 4.74 Å². The molecule has 0 unspecified atom stereocenters. The smallest absolute Gasteiger partial charge is 0.349 e. The summed E-state index contributed by atoms with van der Waals surface area (Å²) < 4.78 is 21.5. The Hall–Kier alpha value is -2.70. The highest BCUT2D eigenvalue weighted by atomic mass is 19.1. The Balaban J connectivity index is 1.79. The number of hydrogen-bond donors (Lipinski definition) is 2. The number of hydrogen-bond acceptors (Lipinski definition) is 4. The van der Waals surface area contributed by atoms with Gasteiger partial charge in [-0.3, -0.25) is 9.99 Å². The number of nitrogens with one attached hydrogen (secondary N) is 1. The number of imidazole rings is 1. The lowest BCUT2D eigenvalue weighted by Crippen LogP contribution is -2.30. The third-order valence-corrected chi connectivity index (χ3v) is 4.19. The summed E-state index contributed by atoms with van der Waals surface area (Å²) in [5.41, 5.74) is 3.67. The average molecular weight is 347 g/mol. The van der Waals surface area contributed by atoms with E-state index in [1.165, 1.54) is 27.6 Å². The van der Waals surface area contributed by atoms with E-state index in [1.54, 1.807) is 12.1 Å². The van der Waals surface area contributed by atoms with Gasteiger partial charge in [0.2, 0.25) is 5.88 Å². The third kappa shape index (κ3) is 3.70. The SMILES string of the molecule is CCCCCCn1c(O)cn(NC2=CCOc3ccc(F)cc32)c1=O. The molecule has 2 heterocycles. The third-order valence-electron chi connectivity index (χ3n) is 4.19. The zero-order valence-electron chi connectivity index (χ0n) is 14.2. The van der Waals surface area contributed by atoms with Crippen LogP contribution < -0.4 is 15.9 Å². The Morgan fingerprint density at radius 2 is 2.16 bits per heavy atom. The van der Waals surface area contributed by atoms with Crippen LogP contribution in [-0.2, 0) is 6.54 Å². The Labute approximate surface area is 145 Å². The minimum Gasteiger partial charge on any atom is -0.493 e. The van der Waals surface area contributed by atoms with Gasteiger partial charge in [-0.2, -0.15) is 0 Å². The molecule has 1 aliphatic rings. The first-order valence-electron chi connectivity index (χ1n) is 8.51. The predicted octanol–water partition coefficient (Wildman–Crippen LogP) is 3.05. The molecule has 25 heavy (non-hydrogen) atoms. The van der Waals surface area contributed by atoms with Crippen molar-refractivity contribution in [2.75, 3.05) is 12.0 Å². The van der Waals surface area contributed by atoms with Crippen molar-refractivity contribution < 1.29 is 14.2 Å². The second kappa shape index (κ2) is 7.46. The summed E-state index contributed by atoms with van der Waals surface area (Å²) in [5, 5.41) is 10.0. The summed E-state index contributed by atoms with van der Waals surface area (Å²) in [6, 6.07) is 4.23. The molecule has 0 spiro atoms. The minimum atomic E-state index is -0.388. The number of rotatable bonds is 7. The molecule has 1 aromatic heterocycles. The van der Waals surface area contributed by atoms with Crippen molar-refractivity contribution in [2.24, 2.45) is 0 Å². The highest BCUT2D eigenvalue weighted by Gasteiger charge is 2.17. The molecule has 0 atom stereocenters. The molecule has 2 aromatic rings. The van der Waals surface area contributed by atoms with Gasteiger partial charge in [0.25, 0.3) is 0 Å². The zero-order valence-corrected chi connectivity index (χ0v) is 14.2. The molecule has 1 aliphatic heterocycles. The van der Waals surface area contributed by atoms with Crippen molar-refractivity contribution in [1.82, 2.24) is 9.24 Å². The lowest BCUT2D eigenvalue weighted by molar-refractivity contribution is 0.356. The molecule has 7 heteroatoms. The fraction of sp³-hybridized carbons (Fsp3) is 0.389. The molecule has 0 saturated carbocycles. The van der Waals surface area contributed by atoms with Crippen molar-refractivity contribution in [3.05, 3.63) is 52.3 Å². The Bertz CT molecular complexity index is 839. The first kappa shape index (κ1) is 17.1. The number of fused-ring (bicyclic) bond motifs is 1. The molecular formula is C18H22FN3O3. The molecule has 134 valence electrons. The van der Waals surface area contributed by atoms with Crippen LogP contribution in [0.2, 0.25) is 0 Å². The first-order chi connectivity index (χ1) is 12.1. The van der Waals surface area contributed by atoms with Gasteiger partial charge in [0.05, 0.1) is 11.9 Å². The molecule has 6 nitrogen and oxygen atoms in total. The van der Waals surface area contributed by atoms with E-state index in [1.807, 2.05) is 0 Å². The van der Waals surface area contributed by atoms with E-state index in [0.717, 1.165) is 25.7 Å². The van der Waals surface area contributed by atoms with Crippen molar-refractivity contribution in [1.29, 1.82) is 0 Å². The highest BCUT2D eigenvalue weighted by Crippen LogP contribution is 2.29. The minimum absolute atomic E-state index is 0.0962. The van der Waals surface area contributed by atoms with Crippen LogP contribution >= 0.6 is 0 Å². The molecule has 3 rings (SSSR count). The summed E-state index contributed by atoms with van der Waals surface area (Å²) in [5.74, 6) is 0.0597. The molecule has 1 aromatic carbocycles. The first-order valence-corrected chi connectivity index (χ1v) is 8.51. The Morgan fingerprint density at radius 1 is 1.32 bits per heavy atom. The molecular weight excluding hydrogens is 325 g/mol. The van der Waals surface area contributed by atoms with Crippen LogP contribution in [0.25, 0.3) is 5.70 Å². The van der Waals surface area contributed by atoms with E-state index < -0.39 is 0 Å². The van der Waals surface area contributed by atoms with E-state index in [9.17, 15) is 14.3 Å². The van der Waals surface area contributed by atoms with E-state index in [0.29, 0.717) is 30.2 Å². The number of ether oxygens (including phenoxy) is 1. The lowest BCUT2D eigenvalue weighted by atomic mass is 10.1. The van der Waals surface area contributed by atoms with Gasteiger partial charge >= 0.3 is 5.69 Å². The summed E-state index contributed by atoms with van der Waals surface area (Å²) >= 11 is 0. The van der Waals surface area contributed by atoms with Crippen LogP contribution in [0.5, 0.6) is 11.6 Å². The van der Waals surface area contributed by atoms with Crippen molar-refractivity contribution in [3.63, 3.8) is 0 Å². The summed E-state index contributed by atoms with van der Waals surface area (Å²) in [4.78, 5) is 12.5. The van der Waals surface area contributed by atoms with Gasteiger partial charge < -0.3 is 9.84 Å². The number of unbranched alkanes of at least 4 members (excludes halogenated alkanes) is 3. The number of aromatic nitrogens is 2. The second-order valence-corrected chi connectivity index (χ2v) is 6.03. The molecule has 0 amide bonds. The Morgan fingerprint density at radius 3 is 2.96 bits per heavy atom. The standard InChI is InChI=1S/C18H22FN3O3/c1-2-3-4-5-9-21-17(23)12-22(18(21)24)20-15-8-10-25-16-7-6-13(19)11-14(15)16/h6-8,11-12,20,23H,2-5,9-10H2,1H3. The maximum atomic E-state index is 13.5. The summed E-state index contributed by atoms with van der Waals surface area (Å²) in [6.07, 6.45) is 7.10. The fourth-order valence-corrected chi connectivity index (χ4v) is 2.85. The molecule has 2 N–H and O–H groups in total. The van der Waals surface area contributed by atoms with E-state index in [-0.39, 0.29) is 17.4 Å². The van der Waals surface area contributed by atoms with Crippen LogP contribution in [0.3, 0.4) is 0 Å². The maximum absolute atomic E-state index is 13.5. The lowest BCUT2D eigenvalue weighted by Gasteiger charge is -2.19. The van der Waals surface area contributed by atoms with Gasteiger partial charge in [-0.05, 0) is 30.7 Å². The van der Waals surface area contributed by atoms with Gasteiger partial charge in [0.15, 0.2) is 0 Å². The van der Waals surface area contributed by atoms with Crippen molar-refractivity contribution in [2.45, 2.75) is 39.2 Å². The van der Waals surface area contributed by atoms with Crippen LogP contribution in [0.4, 0.5) is 4.39 Å². The quantitative estimate of drug-likeness (QED) is 0.756. The highest BCUT2D eigenvalue weighted by molar-refractivity contribution is 5.75. The molecule has 0 radical (unpaired) electrons. The average Bonchev–Trinajstić information content (AvgIpc) is 2.86. The van der Waals surface area contributed by atoms with Gasteiger partial charge in [-0.1, -0.05) is 26.2 Å². The topological polar surface area (TPSA) is 68.4 Å². The van der Waals surface area contributed by atoms with Gasteiger partial charge in [-0.15, -0.1) is 0 Å². The summed E-state index contributed by atoms with van der Waals surface area (Å²) in [7, 11) is 0. The molecule has 0 bridgehead atoms. The number of nitrogens with zero attached hydrogens (tertiary/aromatic N) is 2. The number of benzene rings is 1. The molecule has 0 saturated heterocycles. The van der Waals surface area contributed by atoms with Gasteiger partial charge in [0, 0.05) is 12.1 Å². The summed E-state index contributed by atoms with van der Waals surface area (Å²) in [6.45, 7) is 2.90. The van der Waals surface area contributed by atoms with E-state index in [2.05, 4.69) is 12.3 Å². The predicted molar refractivity (Wildman–Crippen MR) is 93.7 cm³/mol. The van der Waals surface area contributed by atoms with Crippen LogP contribution in [0, 0.1) is 5.82 Å². The van der Waals surface area contributed by atoms with Crippen molar-refractivity contribution >= 4 is 5.70 Å². The maximum Gasteiger partial charge on any atom is 0.349 e. The van der Waals surface area contributed by atoms with Gasteiger partial charge in [-0.25, -0.2) is 13.9 Å². The number of halogens is 1. The van der Waals surface area contributed by atoms with Crippen molar-refractivity contribution in [3.8, 4) is 11.6 Å². The largest absolute Gasteiger partial charge is 0.493 e. The van der Waals surface area contributed by atoms with E-state index >= 15 is 0 Å². The van der Waals surface area contributed by atoms with Crippen LogP contribution in [-0.4, -0.2) is 21.0 Å². The number of aromatic hydroxyl groups is 1. The normalized spacial score (nSPS) is 13.1. The van der Waals surface area contributed by atoms with Crippen LogP contribution in [0.1, 0.15) is 38.2 Å².